The Bertz CT molecular complexity index is 524. The first-order valence-electron chi connectivity index (χ1n) is 8.74. The lowest BCUT2D eigenvalue weighted by Gasteiger charge is -2.42. The third kappa shape index (κ3) is 3.90. The SMILES string of the molecule is Cc1ccc(C(=O)N2CCCC(N3CCC(CO)CC3)C2)cn1. The average Bonchev–Trinajstić information content (AvgIpc) is 2.62. The summed E-state index contributed by atoms with van der Waals surface area (Å²) in [5.74, 6) is 0.568. The van der Waals surface area contributed by atoms with Crippen molar-refractivity contribution >= 4 is 5.91 Å². The molecule has 1 N–H and O–H groups in total. The van der Waals surface area contributed by atoms with E-state index in [9.17, 15) is 9.90 Å². The van der Waals surface area contributed by atoms with E-state index in [1.54, 1.807) is 6.20 Å². The molecular formula is C18H27N3O2. The molecule has 0 aliphatic carbocycles. The van der Waals surface area contributed by atoms with Gasteiger partial charge in [-0.25, -0.2) is 0 Å². The van der Waals surface area contributed by atoms with E-state index in [4.69, 9.17) is 0 Å². The minimum absolute atomic E-state index is 0.104. The van der Waals surface area contributed by atoms with E-state index in [0.29, 0.717) is 24.1 Å². The summed E-state index contributed by atoms with van der Waals surface area (Å²) in [7, 11) is 0. The Morgan fingerprint density at radius 2 is 2.04 bits per heavy atom. The zero-order valence-corrected chi connectivity index (χ0v) is 13.9. The number of nitrogens with zero attached hydrogens (tertiary/aromatic N) is 3. The molecule has 5 heteroatoms. The van der Waals surface area contributed by atoms with Crippen LogP contribution in [0.2, 0.25) is 0 Å². The van der Waals surface area contributed by atoms with Gasteiger partial charge < -0.3 is 10.0 Å². The van der Waals surface area contributed by atoms with Gasteiger partial charge in [0.1, 0.15) is 0 Å². The molecule has 0 aromatic carbocycles. The van der Waals surface area contributed by atoms with E-state index in [1.165, 1.54) is 6.42 Å². The molecule has 2 saturated heterocycles. The van der Waals surface area contributed by atoms with Gasteiger partial charge in [0, 0.05) is 37.6 Å². The van der Waals surface area contributed by atoms with Gasteiger partial charge in [-0.05, 0) is 63.7 Å². The predicted molar refractivity (Wildman–Crippen MR) is 89.3 cm³/mol. The third-order valence-corrected chi connectivity index (χ3v) is 5.27. The molecule has 126 valence electrons. The number of aliphatic hydroxyl groups excluding tert-OH is 1. The number of carbonyl (C=O) groups excluding carboxylic acids is 1. The molecule has 2 aliphatic heterocycles. The first kappa shape index (κ1) is 16.4. The van der Waals surface area contributed by atoms with Crippen LogP contribution >= 0.6 is 0 Å². The molecule has 3 heterocycles. The van der Waals surface area contributed by atoms with Crippen LogP contribution < -0.4 is 0 Å². The van der Waals surface area contributed by atoms with Gasteiger partial charge in [0.05, 0.1) is 5.56 Å². The van der Waals surface area contributed by atoms with Crippen LogP contribution in [-0.4, -0.2) is 64.6 Å². The molecule has 1 amide bonds. The number of aryl methyl sites for hydroxylation is 1. The number of carbonyl (C=O) groups is 1. The molecule has 23 heavy (non-hydrogen) atoms. The summed E-state index contributed by atoms with van der Waals surface area (Å²) in [6.07, 6.45) is 6.06. The number of hydrogen-bond acceptors (Lipinski definition) is 4. The maximum Gasteiger partial charge on any atom is 0.255 e. The second-order valence-electron chi connectivity index (χ2n) is 6.90. The van der Waals surface area contributed by atoms with Crippen molar-refractivity contribution < 1.29 is 9.90 Å². The lowest BCUT2D eigenvalue weighted by molar-refractivity contribution is 0.0445. The summed E-state index contributed by atoms with van der Waals surface area (Å²) in [6.45, 7) is 5.99. The first-order valence-corrected chi connectivity index (χ1v) is 8.74. The van der Waals surface area contributed by atoms with Crippen LogP contribution in [0.15, 0.2) is 18.3 Å². The van der Waals surface area contributed by atoms with Crippen molar-refractivity contribution in [3.05, 3.63) is 29.6 Å². The van der Waals surface area contributed by atoms with E-state index >= 15 is 0 Å². The Morgan fingerprint density at radius 1 is 1.26 bits per heavy atom. The molecule has 2 fully saturated rings. The van der Waals surface area contributed by atoms with E-state index in [-0.39, 0.29) is 5.91 Å². The number of rotatable bonds is 3. The van der Waals surface area contributed by atoms with Crippen molar-refractivity contribution in [1.82, 2.24) is 14.8 Å². The number of likely N-dealkylation sites (tertiary alicyclic amines) is 2. The number of aromatic nitrogens is 1. The number of pyridine rings is 1. The Hall–Kier alpha value is -1.46. The Kier molecular flexibility index (Phi) is 5.28. The minimum atomic E-state index is 0.104. The summed E-state index contributed by atoms with van der Waals surface area (Å²) in [5.41, 5.74) is 1.63. The lowest BCUT2D eigenvalue weighted by atomic mass is 9.94. The molecule has 2 aliphatic rings. The molecule has 1 unspecified atom stereocenters. The Morgan fingerprint density at radius 3 is 2.70 bits per heavy atom. The molecule has 1 aromatic heterocycles. The van der Waals surface area contributed by atoms with Crippen LogP contribution in [0.4, 0.5) is 0 Å². The Balaban J connectivity index is 1.59. The highest BCUT2D eigenvalue weighted by atomic mass is 16.3. The van der Waals surface area contributed by atoms with Crippen LogP contribution in [0.25, 0.3) is 0 Å². The molecule has 0 radical (unpaired) electrons. The highest BCUT2D eigenvalue weighted by molar-refractivity contribution is 5.94. The van der Waals surface area contributed by atoms with Crippen molar-refractivity contribution in [3.8, 4) is 0 Å². The highest BCUT2D eigenvalue weighted by Crippen LogP contribution is 2.23. The average molecular weight is 317 g/mol. The second kappa shape index (κ2) is 7.41. The smallest absolute Gasteiger partial charge is 0.255 e. The Labute approximate surface area is 138 Å². The van der Waals surface area contributed by atoms with Gasteiger partial charge in [0.25, 0.3) is 5.91 Å². The van der Waals surface area contributed by atoms with Gasteiger partial charge in [0.2, 0.25) is 0 Å². The van der Waals surface area contributed by atoms with E-state index in [1.807, 2.05) is 24.0 Å². The molecule has 5 nitrogen and oxygen atoms in total. The lowest BCUT2D eigenvalue weighted by Crippen LogP contribution is -2.52. The van der Waals surface area contributed by atoms with Crippen molar-refractivity contribution in [2.45, 2.75) is 38.6 Å². The first-order chi connectivity index (χ1) is 11.2. The largest absolute Gasteiger partial charge is 0.396 e. The summed E-state index contributed by atoms with van der Waals surface area (Å²) in [6, 6.07) is 4.24. The maximum atomic E-state index is 12.7. The molecule has 0 bridgehead atoms. The van der Waals surface area contributed by atoms with Gasteiger partial charge in [0.15, 0.2) is 0 Å². The van der Waals surface area contributed by atoms with E-state index in [0.717, 1.165) is 51.1 Å². The van der Waals surface area contributed by atoms with Gasteiger partial charge in [-0.15, -0.1) is 0 Å². The minimum Gasteiger partial charge on any atom is -0.396 e. The van der Waals surface area contributed by atoms with Crippen LogP contribution in [0.5, 0.6) is 0 Å². The quantitative estimate of drug-likeness (QED) is 0.922. The molecule has 0 saturated carbocycles. The van der Waals surface area contributed by atoms with E-state index < -0.39 is 0 Å². The van der Waals surface area contributed by atoms with Gasteiger partial charge in [-0.1, -0.05) is 0 Å². The van der Waals surface area contributed by atoms with Crippen LogP contribution in [-0.2, 0) is 0 Å². The third-order valence-electron chi connectivity index (χ3n) is 5.27. The predicted octanol–water partition coefficient (Wildman–Crippen LogP) is 1.70. The topological polar surface area (TPSA) is 56.7 Å². The fourth-order valence-corrected chi connectivity index (χ4v) is 3.71. The molecule has 1 aromatic rings. The van der Waals surface area contributed by atoms with Crippen LogP contribution in [0.1, 0.15) is 41.7 Å². The molecular weight excluding hydrogens is 290 g/mol. The summed E-state index contributed by atoms with van der Waals surface area (Å²) in [5, 5.41) is 9.27. The number of hydrogen-bond donors (Lipinski definition) is 1. The number of amides is 1. The zero-order chi connectivity index (χ0) is 16.2. The monoisotopic (exact) mass is 317 g/mol. The molecule has 0 spiro atoms. The summed E-state index contributed by atoms with van der Waals surface area (Å²) < 4.78 is 0. The fraction of sp³-hybridized carbons (Fsp3) is 0.667. The molecule has 1 atom stereocenters. The second-order valence-corrected chi connectivity index (χ2v) is 6.90. The normalized spacial score (nSPS) is 23.9. The van der Waals surface area contributed by atoms with E-state index in [2.05, 4.69) is 9.88 Å². The van der Waals surface area contributed by atoms with Crippen molar-refractivity contribution in [3.63, 3.8) is 0 Å². The molecule has 3 rings (SSSR count). The summed E-state index contributed by atoms with van der Waals surface area (Å²) >= 11 is 0. The maximum absolute atomic E-state index is 12.7. The van der Waals surface area contributed by atoms with Crippen molar-refractivity contribution in [2.75, 3.05) is 32.8 Å². The van der Waals surface area contributed by atoms with Gasteiger partial charge in [-0.3, -0.25) is 14.7 Å². The standard InChI is InChI=1S/C18H27N3O2/c1-14-4-5-16(11-19-14)18(23)21-8-2-3-17(12-21)20-9-6-15(13-22)7-10-20/h4-5,11,15,17,22H,2-3,6-10,12-13H2,1H3. The van der Waals surface area contributed by atoms with Crippen LogP contribution in [0, 0.1) is 12.8 Å². The zero-order valence-electron chi connectivity index (χ0n) is 13.9. The van der Waals surface area contributed by atoms with Gasteiger partial charge in [-0.2, -0.15) is 0 Å². The highest BCUT2D eigenvalue weighted by Gasteiger charge is 2.30. The fourth-order valence-electron chi connectivity index (χ4n) is 3.71. The van der Waals surface area contributed by atoms with Crippen molar-refractivity contribution in [2.24, 2.45) is 5.92 Å². The van der Waals surface area contributed by atoms with Crippen LogP contribution in [0.3, 0.4) is 0 Å². The number of aliphatic hydroxyl groups is 1. The van der Waals surface area contributed by atoms with Gasteiger partial charge >= 0.3 is 0 Å². The number of piperidine rings is 2. The van der Waals surface area contributed by atoms with Crippen molar-refractivity contribution in [1.29, 1.82) is 0 Å². The summed E-state index contributed by atoms with van der Waals surface area (Å²) in [4.78, 5) is 21.4.